The second-order valence-electron chi connectivity index (χ2n) is 7.86. The van der Waals surface area contributed by atoms with Crippen LogP contribution in [0.25, 0.3) is 0 Å². The highest BCUT2D eigenvalue weighted by atomic mass is 16.5. The van der Waals surface area contributed by atoms with E-state index in [1.807, 2.05) is 23.7 Å². The largest absolute Gasteiger partial charge is 0.494 e. The van der Waals surface area contributed by atoms with E-state index in [0.717, 1.165) is 44.2 Å². The SMILES string of the molecule is CCOc1ccc([C@H](c2nnnn2C(C)(C)CC)N2CCN(C)CC2)cc1. The Bertz CT molecular complexity index is 718. The van der Waals surface area contributed by atoms with Gasteiger partial charge < -0.3 is 9.64 Å². The van der Waals surface area contributed by atoms with Crippen LogP contribution < -0.4 is 4.74 Å². The van der Waals surface area contributed by atoms with Crippen molar-refractivity contribution in [2.24, 2.45) is 0 Å². The van der Waals surface area contributed by atoms with Gasteiger partial charge in [0.2, 0.25) is 0 Å². The number of ether oxygens (including phenoxy) is 1. The zero-order chi connectivity index (χ0) is 19.4. The molecule has 0 amide bonds. The first-order valence-electron chi connectivity index (χ1n) is 9.90. The van der Waals surface area contributed by atoms with Crippen LogP contribution in [0.4, 0.5) is 0 Å². The summed E-state index contributed by atoms with van der Waals surface area (Å²) in [5, 5.41) is 12.9. The molecule has 0 unspecified atom stereocenters. The fraction of sp³-hybridized carbons (Fsp3) is 0.650. The van der Waals surface area contributed by atoms with E-state index < -0.39 is 0 Å². The lowest BCUT2D eigenvalue weighted by atomic mass is 9.99. The second-order valence-corrected chi connectivity index (χ2v) is 7.86. The number of hydrogen-bond acceptors (Lipinski definition) is 6. The smallest absolute Gasteiger partial charge is 0.173 e. The van der Waals surface area contributed by atoms with Gasteiger partial charge in [-0.15, -0.1) is 5.10 Å². The van der Waals surface area contributed by atoms with E-state index in [-0.39, 0.29) is 11.6 Å². The number of aromatic nitrogens is 4. The quantitative estimate of drug-likeness (QED) is 0.744. The Morgan fingerprint density at radius 1 is 1.07 bits per heavy atom. The predicted octanol–water partition coefficient (Wildman–Crippen LogP) is 2.55. The van der Waals surface area contributed by atoms with Crippen LogP contribution in [0.2, 0.25) is 0 Å². The Morgan fingerprint density at radius 3 is 2.33 bits per heavy atom. The third kappa shape index (κ3) is 4.30. The normalized spacial score (nSPS) is 17.8. The molecular weight excluding hydrogens is 340 g/mol. The van der Waals surface area contributed by atoms with Crippen LogP contribution in [0.15, 0.2) is 24.3 Å². The summed E-state index contributed by atoms with van der Waals surface area (Å²) in [6.07, 6.45) is 0.962. The molecule has 2 heterocycles. The van der Waals surface area contributed by atoms with E-state index >= 15 is 0 Å². The molecule has 7 heteroatoms. The number of tetrazole rings is 1. The van der Waals surface area contributed by atoms with Gasteiger partial charge in [-0.2, -0.15) is 0 Å². The molecule has 1 atom stereocenters. The standard InChI is InChI=1S/C20H32N6O/c1-6-20(3,4)26-19(21-22-23-26)18(25-14-12-24(5)13-15-25)16-8-10-17(11-9-16)27-7-2/h8-11,18H,6-7,12-15H2,1-5H3/t18-/m1/s1. The summed E-state index contributed by atoms with van der Waals surface area (Å²) in [5.74, 6) is 1.81. The van der Waals surface area contributed by atoms with Crippen LogP contribution in [-0.4, -0.2) is 69.8 Å². The van der Waals surface area contributed by atoms with E-state index in [1.165, 1.54) is 5.56 Å². The molecule has 2 aromatic rings. The maximum Gasteiger partial charge on any atom is 0.173 e. The van der Waals surface area contributed by atoms with E-state index in [4.69, 9.17) is 4.74 Å². The summed E-state index contributed by atoms with van der Waals surface area (Å²) in [5.41, 5.74) is 1.07. The first-order valence-corrected chi connectivity index (χ1v) is 9.90. The topological polar surface area (TPSA) is 59.3 Å². The van der Waals surface area contributed by atoms with Gasteiger partial charge >= 0.3 is 0 Å². The molecular formula is C20H32N6O. The van der Waals surface area contributed by atoms with Crippen molar-refractivity contribution in [3.63, 3.8) is 0 Å². The third-order valence-electron chi connectivity index (χ3n) is 5.59. The van der Waals surface area contributed by atoms with Crippen LogP contribution in [0.5, 0.6) is 5.75 Å². The molecule has 0 spiro atoms. The minimum Gasteiger partial charge on any atom is -0.494 e. The average molecular weight is 373 g/mol. The zero-order valence-electron chi connectivity index (χ0n) is 17.2. The number of piperazine rings is 1. The summed E-state index contributed by atoms with van der Waals surface area (Å²) in [6, 6.07) is 8.41. The first-order chi connectivity index (χ1) is 13.0. The summed E-state index contributed by atoms with van der Waals surface area (Å²) in [4.78, 5) is 4.86. The van der Waals surface area contributed by atoms with Crippen molar-refractivity contribution in [2.75, 3.05) is 39.8 Å². The Balaban J connectivity index is 2.00. The van der Waals surface area contributed by atoms with Gasteiger partial charge in [-0.25, -0.2) is 4.68 Å². The molecule has 0 aliphatic carbocycles. The second kappa shape index (κ2) is 8.35. The molecule has 0 N–H and O–H groups in total. The fourth-order valence-corrected chi connectivity index (χ4v) is 3.46. The maximum absolute atomic E-state index is 5.62. The molecule has 0 bridgehead atoms. The van der Waals surface area contributed by atoms with Crippen LogP contribution in [0.3, 0.4) is 0 Å². The molecule has 148 valence electrons. The van der Waals surface area contributed by atoms with Crippen molar-refractivity contribution in [2.45, 2.75) is 45.7 Å². The third-order valence-corrected chi connectivity index (χ3v) is 5.59. The molecule has 1 aliphatic heterocycles. The van der Waals surface area contributed by atoms with Crippen LogP contribution in [0.1, 0.15) is 51.5 Å². The van der Waals surface area contributed by atoms with Gasteiger partial charge in [0.15, 0.2) is 5.82 Å². The van der Waals surface area contributed by atoms with Crippen LogP contribution >= 0.6 is 0 Å². The van der Waals surface area contributed by atoms with E-state index in [1.54, 1.807) is 0 Å². The van der Waals surface area contributed by atoms with E-state index in [0.29, 0.717) is 6.61 Å². The monoisotopic (exact) mass is 372 g/mol. The average Bonchev–Trinajstić information content (AvgIpc) is 3.15. The van der Waals surface area contributed by atoms with Crippen molar-refractivity contribution < 1.29 is 4.74 Å². The Kier molecular flexibility index (Phi) is 6.11. The highest BCUT2D eigenvalue weighted by molar-refractivity contribution is 5.32. The van der Waals surface area contributed by atoms with Gasteiger partial charge in [-0.05, 0) is 62.4 Å². The number of benzene rings is 1. The molecule has 1 aliphatic rings. The van der Waals surface area contributed by atoms with Gasteiger partial charge in [0.1, 0.15) is 5.75 Å². The first kappa shape index (κ1) is 19.8. The van der Waals surface area contributed by atoms with Crippen molar-refractivity contribution in [3.05, 3.63) is 35.7 Å². The molecule has 0 saturated carbocycles. The molecule has 1 saturated heterocycles. The molecule has 7 nitrogen and oxygen atoms in total. The fourth-order valence-electron chi connectivity index (χ4n) is 3.46. The Labute approximate surface area is 162 Å². The van der Waals surface area contributed by atoms with Gasteiger partial charge in [-0.1, -0.05) is 19.1 Å². The van der Waals surface area contributed by atoms with Crippen molar-refractivity contribution in [3.8, 4) is 5.75 Å². The maximum atomic E-state index is 5.62. The van der Waals surface area contributed by atoms with Crippen LogP contribution in [0, 0.1) is 0 Å². The lowest BCUT2D eigenvalue weighted by Crippen LogP contribution is -2.47. The number of hydrogen-bond donors (Lipinski definition) is 0. The minimum atomic E-state index is -0.130. The van der Waals surface area contributed by atoms with Gasteiger partial charge in [0.05, 0.1) is 18.2 Å². The van der Waals surface area contributed by atoms with Gasteiger partial charge in [-0.3, -0.25) is 4.90 Å². The van der Waals surface area contributed by atoms with Crippen molar-refractivity contribution in [1.82, 2.24) is 30.0 Å². The minimum absolute atomic E-state index is 0.0372. The molecule has 0 radical (unpaired) electrons. The molecule has 1 aromatic heterocycles. The molecule has 1 aromatic carbocycles. The Morgan fingerprint density at radius 2 is 1.74 bits per heavy atom. The zero-order valence-corrected chi connectivity index (χ0v) is 17.2. The number of nitrogens with zero attached hydrogens (tertiary/aromatic N) is 6. The van der Waals surface area contributed by atoms with Crippen LogP contribution in [-0.2, 0) is 5.54 Å². The van der Waals surface area contributed by atoms with Crippen molar-refractivity contribution in [1.29, 1.82) is 0 Å². The summed E-state index contributed by atoms with van der Waals surface area (Å²) >= 11 is 0. The molecule has 1 fully saturated rings. The highest BCUT2D eigenvalue weighted by Gasteiger charge is 2.33. The molecule has 27 heavy (non-hydrogen) atoms. The summed E-state index contributed by atoms with van der Waals surface area (Å²) in [6.45, 7) is 13.3. The molecule has 3 rings (SSSR count). The predicted molar refractivity (Wildman–Crippen MR) is 106 cm³/mol. The highest BCUT2D eigenvalue weighted by Crippen LogP contribution is 2.32. The Hall–Kier alpha value is -1.99. The lowest BCUT2D eigenvalue weighted by Gasteiger charge is -2.38. The van der Waals surface area contributed by atoms with Crippen molar-refractivity contribution >= 4 is 0 Å². The summed E-state index contributed by atoms with van der Waals surface area (Å²) < 4.78 is 7.63. The summed E-state index contributed by atoms with van der Waals surface area (Å²) in [7, 11) is 2.17. The van der Waals surface area contributed by atoms with Gasteiger partial charge in [0, 0.05) is 26.2 Å². The van der Waals surface area contributed by atoms with E-state index in [9.17, 15) is 0 Å². The van der Waals surface area contributed by atoms with E-state index in [2.05, 4.69) is 65.3 Å². The number of rotatable bonds is 7. The van der Waals surface area contributed by atoms with Gasteiger partial charge in [0.25, 0.3) is 0 Å². The lowest BCUT2D eigenvalue weighted by molar-refractivity contribution is 0.117. The number of likely N-dealkylation sites (N-methyl/N-ethyl adjacent to an activating group) is 1.